The van der Waals surface area contributed by atoms with Gasteiger partial charge in [-0.15, -0.1) is 0 Å². The fraction of sp³-hybridized carbons (Fsp3) is 0.0556. The highest BCUT2D eigenvalue weighted by atomic mass is 35.5. The van der Waals surface area contributed by atoms with E-state index in [1.165, 1.54) is 19.1 Å². The van der Waals surface area contributed by atoms with Crippen LogP contribution in [-0.2, 0) is 9.59 Å². The number of amides is 3. The van der Waals surface area contributed by atoms with Crippen LogP contribution in [0.2, 0.25) is 5.02 Å². The zero-order valence-electron chi connectivity index (χ0n) is 13.4. The first-order valence-electron chi connectivity index (χ1n) is 7.37. The van der Waals surface area contributed by atoms with Gasteiger partial charge in [0.2, 0.25) is 5.91 Å². The fourth-order valence-corrected chi connectivity index (χ4v) is 2.18. The van der Waals surface area contributed by atoms with Crippen LogP contribution >= 0.6 is 11.6 Å². The van der Waals surface area contributed by atoms with Crippen molar-refractivity contribution >= 4 is 35.4 Å². The van der Waals surface area contributed by atoms with Crippen molar-refractivity contribution in [2.24, 2.45) is 0 Å². The zero-order chi connectivity index (χ0) is 18.2. The lowest BCUT2D eigenvalue weighted by Gasteiger charge is -2.11. The van der Waals surface area contributed by atoms with E-state index in [-0.39, 0.29) is 16.3 Å². The summed E-state index contributed by atoms with van der Waals surface area (Å²) in [5.74, 6) is -1.64. The second-order valence-electron chi connectivity index (χ2n) is 5.04. The monoisotopic (exact) mass is 357 g/mol. The minimum Gasteiger partial charge on any atom is -0.322 e. The summed E-state index contributed by atoms with van der Waals surface area (Å²) < 4.78 is 0. The minimum absolute atomic E-state index is 0.00170. The Morgan fingerprint density at radius 2 is 1.56 bits per heavy atom. The van der Waals surface area contributed by atoms with Crippen LogP contribution in [0.15, 0.2) is 60.3 Å². The van der Waals surface area contributed by atoms with E-state index in [0.717, 1.165) is 5.56 Å². The van der Waals surface area contributed by atoms with Gasteiger partial charge in [0.05, 0.1) is 10.6 Å². The SMILES string of the molecule is CC(=O)N/C(=C\c1ccccc1)C(=O)NNC(=O)c1ccccc1Cl. The molecule has 0 aliphatic carbocycles. The summed E-state index contributed by atoms with van der Waals surface area (Å²) in [6, 6.07) is 15.4. The lowest BCUT2D eigenvalue weighted by Crippen LogP contribution is -2.45. The van der Waals surface area contributed by atoms with Gasteiger partial charge < -0.3 is 5.32 Å². The number of hydrogen-bond acceptors (Lipinski definition) is 3. The molecule has 128 valence electrons. The van der Waals surface area contributed by atoms with Crippen molar-refractivity contribution in [3.8, 4) is 0 Å². The molecule has 0 saturated heterocycles. The Morgan fingerprint density at radius 1 is 0.920 bits per heavy atom. The second-order valence-corrected chi connectivity index (χ2v) is 5.45. The normalized spacial score (nSPS) is 10.7. The summed E-state index contributed by atoms with van der Waals surface area (Å²) in [5.41, 5.74) is 5.46. The molecule has 0 atom stereocenters. The summed E-state index contributed by atoms with van der Waals surface area (Å²) in [7, 11) is 0. The smallest absolute Gasteiger partial charge is 0.286 e. The van der Waals surface area contributed by atoms with Gasteiger partial charge >= 0.3 is 0 Å². The molecule has 0 saturated carbocycles. The maximum atomic E-state index is 12.3. The Labute approximate surface area is 149 Å². The Balaban J connectivity index is 2.10. The highest BCUT2D eigenvalue weighted by molar-refractivity contribution is 6.33. The molecule has 2 aromatic carbocycles. The van der Waals surface area contributed by atoms with Gasteiger partial charge in [-0.2, -0.15) is 0 Å². The van der Waals surface area contributed by atoms with Crippen LogP contribution < -0.4 is 16.2 Å². The third-order valence-corrected chi connectivity index (χ3v) is 3.40. The minimum atomic E-state index is -0.667. The second kappa shape index (κ2) is 8.65. The quantitative estimate of drug-likeness (QED) is 0.579. The average Bonchev–Trinajstić information content (AvgIpc) is 2.59. The van der Waals surface area contributed by atoms with E-state index in [4.69, 9.17) is 11.6 Å². The largest absolute Gasteiger partial charge is 0.322 e. The number of nitrogens with one attached hydrogen (secondary N) is 3. The van der Waals surface area contributed by atoms with E-state index in [2.05, 4.69) is 16.2 Å². The number of carbonyl (C=O) groups is 3. The molecule has 7 heteroatoms. The maximum Gasteiger partial charge on any atom is 0.286 e. The molecule has 3 amide bonds. The first-order chi connectivity index (χ1) is 12.0. The fourth-order valence-electron chi connectivity index (χ4n) is 1.96. The molecule has 6 nitrogen and oxygen atoms in total. The third kappa shape index (κ3) is 5.47. The number of hydrazine groups is 1. The van der Waals surface area contributed by atoms with Crippen LogP contribution in [0.25, 0.3) is 6.08 Å². The lowest BCUT2D eigenvalue weighted by atomic mass is 10.2. The van der Waals surface area contributed by atoms with Crippen molar-refractivity contribution in [3.05, 3.63) is 76.4 Å². The first kappa shape index (κ1) is 18.2. The van der Waals surface area contributed by atoms with E-state index in [1.807, 2.05) is 6.07 Å². The van der Waals surface area contributed by atoms with Gasteiger partial charge in [0.25, 0.3) is 11.8 Å². The van der Waals surface area contributed by atoms with Crippen molar-refractivity contribution in [1.82, 2.24) is 16.2 Å². The molecule has 0 bridgehead atoms. The molecule has 0 heterocycles. The Hall–Kier alpha value is -3.12. The highest BCUT2D eigenvalue weighted by Gasteiger charge is 2.14. The van der Waals surface area contributed by atoms with Gasteiger partial charge in [-0.3, -0.25) is 25.2 Å². The predicted molar refractivity (Wildman–Crippen MR) is 95.3 cm³/mol. The van der Waals surface area contributed by atoms with Crippen molar-refractivity contribution in [2.75, 3.05) is 0 Å². The van der Waals surface area contributed by atoms with Gasteiger partial charge in [-0.1, -0.05) is 54.1 Å². The molecule has 0 aliphatic rings. The molecule has 2 rings (SSSR count). The molecule has 0 radical (unpaired) electrons. The van der Waals surface area contributed by atoms with E-state index < -0.39 is 17.7 Å². The van der Waals surface area contributed by atoms with Crippen molar-refractivity contribution in [2.45, 2.75) is 6.92 Å². The summed E-state index contributed by atoms with van der Waals surface area (Å²) >= 11 is 5.93. The number of benzene rings is 2. The van der Waals surface area contributed by atoms with Crippen molar-refractivity contribution < 1.29 is 14.4 Å². The number of halogens is 1. The summed E-state index contributed by atoms with van der Waals surface area (Å²) in [6.45, 7) is 1.29. The third-order valence-electron chi connectivity index (χ3n) is 3.07. The topological polar surface area (TPSA) is 87.3 Å². The molecule has 0 unspecified atom stereocenters. The molecule has 0 fully saturated rings. The van der Waals surface area contributed by atoms with Crippen LogP contribution in [0.5, 0.6) is 0 Å². The standard InChI is InChI=1S/C18H16ClN3O3/c1-12(23)20-16(11-13-7-3-2-4-8-13)18(25)22-21-17(24)14-9-5-6-10-15(14)19/h2-11H,1H3,(H,20,23)(H,21,24)(H,22,25)/b16-11-. The van der Waals surface area contributed by atoms with E-state index in [0.29, 0.717) is 0 Å². The molecule has 0 aromatic heterocycles. The Kier molecular flexibility index (Phi) is 6.31. The van der Waals surface area contributed by atoms with E-state index in [1.54, 1.807) is 42.5 Å². The number of carbonyl (C=O) groups excluding carboxylic acids is 3. The van der Waals surface area contributed by atoms with Gasteiger partial charge in [0.1, 0.15) is 5.70 Å². The van der Waals surface area contributed by atoms with E-state index in [9.17, 15) is 14.4 Å². The van der Waals surface area contributed by atoms with E-state index >= 15 is 0 Å². The molecule has 25 heavy (non-hydrogen) atoms. The summed E-state index contributed by atoms with van der Waals surface area (Å²) in [6.07, 6.45) is 1.50. The highest BCUT2D eigenvalue weighted by Crippen LogP contribution is 2.14. The van der Waals surface area contributed by atoms with Crippen molar-refractivity contribution in [1.29, 1.82) is 0 Å². The summed E-state index contributed by atoms with van der Waals surface area (Å²) in [5, 5.41) is 2.70. The first-order valence-corrected chi connectivity index (χ1v) is 7.74. The van der Waals surface area contributed by atoms with Gasteiger partial charge in [-0.05, 0) is 23.8 Å². The van der Waals surface area contributed by atoms with Crippen LogP contribution in [0, 0.1) is 0 Å². The zero-order valence-corrected chi connectivity index (χ0v) is 14.1. The van der Waals surface area contributed by atoms with Gasteiger partial charge in [0, 0.05) is 6.92 Å². The number of rotatable bonds is 4. The van der Waals surface area contributed by atoms with Crippen molar-refractivity contribution in [3.63, 3.8) is 0 Å². The maximum absolute atomic E-state index is 12.3. The van der Waals surface area contributed by atoms with Crippen LogP contribution in [0.4, 0.5) is 0 Å². The van der Waals surface area contributed by atoms with Crippen LogP contribution in [-0.4, -0.2) is 17.7 Å². The molecule has 3 N–H and O–H groups in total. The Bertz CT molecular complexity index is 819. The number of hydrogen-bond donors (Lipinski definition) is 3. The molecular weight excluding hydrogens is 342 g/mol. The molecule has 2 aromatic rings. The van der Waals surface area contributed by atoms with Gasteiger partial charge in [0.15, 0.2) is 0 Å². The molecule has 0 aliphatic heterocycles. The Morgan fingerprint density at radius 3 is 2.20 bits per heavy atom. The van der Waals surface area contributed by atoms with Gasteiger partial charge in [-0.25, -0.2) is 0 Å². The average molecular weight is 358 g/mol. The summed E-state index contributed by atoms with van der Waals surface area (Å²) in [4.78, 5) is 35.6. The molecule has 0 spiro atoms. The van der Waals surface area contributed by atoms with Crippen LogP contribution in [0.1, 0.15) is 22.8 Å². The van der Waals surface area contributed by atoms with Crippen LogP contribution in [0.3, 0.4) is 0 Å². The predicted octanol–water partition coefficient (Wildman–Crippen LogP) is 2.28. The molecular formula is C18H16ClN3O3. The lowest BCUT2D eigenvalue weighted by molar-refractivity contribution is -0.122.